The first-order chi connectivity index (χ1) is 9.08. The number of hydrogen-bond donors (Lipinski definition) is 0. The van der Waals surface area contributed by atoms with Gasteiger partial charge in [-0.15, -0.1) is 0 Å². The number of ketones is 1. The Morgan fingerprint density at radius 1 is 1.21 bits per heavy atom. The Kier molecular flexibility index (Phi) is 3.11. The molecule has 3 aliphatic rings. The van der Waals surface area contributed by atoms with Crippen molar-refractivity contribution in [2.45, 2.75) is 13.0 Å². The lowest BCUT2D eigenvalue weighted by Gasteiger charge is -2.46. The lowest BCUT2D eigenvalue weighted by molar-refractivity contribution is 0.0155. The fourth-order valence-electron chi connectivity index (χ4n) is 2.92. The van der Waals surface area contributed by atoms with Crippen molar-refractivity contribution in [3.05, 3.63) is 34.9 Å². The summed E-state index contributed by atoms with van der Waals surface area (Å²) in [5.74, 6) is -1.91. The quantitative estimate of drug-likeness (QED) is 0.757. The van der Waals surface area contributed by atoms with E-state index in [1.807, 2.05) is 4.90 Å². The normalized spacial score (nSPS) is 29.5. The van der Waals surface area contributed by atoms with Gasteiger partial charge in [0.25, 0.3) is 0 Å². The molecule has 1 unspecified atom stereocenters. The Morgan fingerprint density at radius 3 is 2.47 bits per heavy atom. The molecule has 0 N–H and O–H groups in total. The van der Waals surface area contributed by atoms with Crippen LogP contribution >= 0.6 is 0 Å². The molecule has 0 aromatic heterocycles. The molecular weight excluding hydrogens is 250 g/mol. The molecule has 1 aromatic rings. The van der Waals surface area contributed by atoms with Crippen LogP contribution in [0.4, 0.5) is 8.78 Å². The van der Waals surface area contributed by atoms with Crippen molar-refractivity contribution in [1.29, 1.82) is 0 Å². The van der Waals surface area contributed by atoms with E-state index in [1.54, 1.807) is 6.92 Å². The number of carbonyl (C=O) groups is 1. The molecule has 0 spiro atoms. The van der Waals surface area contributed by atoms with E-state index in [9.17, 15) is 13.6 Å². The van der Waals surface area contributed by atoms with Gasteiger partial charge in [0.05, 0.1) is 11.6 Å². The van der Waals surface area contributed by atoms with E-state index in [2.05, 4.69) is 4.90 Å². The van der Waals surface area contributed by atoms with Crippen LogP contribution < -0.4 is 0 Å². The van der Waals surface area contributed by atoms with Crippen molar-refractivity contribution < 1.29 is 13.6 Å². The highest BCUT2D eigenvalue weighted by molar-refractivity contribution is 6.01. The first-order valence-corrected chi connectivity index (χ1v) is 6.53. The number of fused-ring (bicyclic) bond motifs is 3. The van der Waals surface area contributed by atoms with Crippen LogP contribution in [-0.2, 0) is 0 Å². The second-order valence-corrected chi connectivity index (χ2v) is 5.27. The van der Waals surface area contributed by atoms with E-state index >= 15 is 0 Å². The van der Waals surface area contributed by atoms with Gasteiger partial charge in [-0.2, -0.15) is 0 Å². The highest BCUT2D eigenvalue weighted by atomic mass is 19.1. The maximum atomic E-state index is 14.0. The predicted octanol–water partition coefficient (Wildman–Crippen LogP) is 1.46. The van der Waals surface area contributed by atoms with Gasteiger partial charge in [0.15, 0.2) is 5.78 Å². The predicted molar refractivity (Wildman–Crippen MR) is 67.2 cm³/mol. The topological polar surface area (TPSA) is 23.6 Å². The number of nitrogens with zero attached hydrogens (tertiary/aromatic N) is 2. The first-order valence-electron chi connectivity index (χ1n) is 6.53. The largest absolute Gasteiger partial charge is 0.299 e. The summed E-state index contributed by atoms with van der Waals surface area (Å²) < 4.78 is 27.8. The van der Waals surface area contributed by atoms with Crippen LogP contribution in [0, 0.1) is 18.6 Å². The first kappa shape index (κ1) is 12.7. The number of benzene rings is 1. The average Bonchev–Trinajstić information content (AvgIpc) is 2.44. The molecule has 3 heterocycles. The molecule has 0 aliphatic carbocycles. The maximum Gasteiger partial charge on any atom is 0.187 e. The molecule has 0 amide bonds. The Morgan fingerprint density at radius 2 is 1.89 bits per heavy atom. The molecule has 0 radical (unpaired) electrons. The molecule has 3 aliphatic heterocycles. The van der Waals surface area contributed by atoms with Gasteiger partial charge in [-0.1, -0.05) is 6.07 Å². The summed E-state index contributed by atoms with van der Waals surface area (Å²) in [4.78, 5) is 16.6. The third kappa shape index (κ3) is 2.07. The summed E-state index contributed by atoms with van der Waals surface area (Å²) in [5.41, 5.74) is -0.0697. The summed E-state index contributed by atoms with van der Waals surface area (Å²) in [7, 11) is 0. The fraction of sp³-hybridized carbons (Fsp3) is 0.500. The number of hydrogen-bond acceptors (Lipinski definition) is 3. The van der Waals surface area contributed by atoms with Crippen LogP contribution in [0.15, 0.2) is 12.1 Å². The molecule has 5 heteroatoms. The zero-order valence-electron chi connectivity index (χ0n) is 10.8. The highest BCUT2D eigenvalue weighted by Crippen LogP contribution is 2.23. The second-order valence-electron chi connectivity index (χ2n) is 5.27. The Balaban J connectivity index is 1.94. The molecule has 0 saturated carbocycles. The molecule has 3 saturated heterocycles. The summed E-state index contributed by atoms with van der Waals surface area (Å²) >= 11 is 0. The van der Waals surface area contributed by atoms with Crippen LogP contribution in [0.3, 0.4) is 0 Å². The molecule has 4 rings (SSSR count). The SMILES string of the molecule is Cc1ccc(F)c(C(=O)C2CN3CCN2CC3)c1F. The zero-order chi connectivity index (χ0) is 13.6. The van der Waals surface area contributed by atoms with E-state index in [0.29, 0.717) is 12.1 Å². The van der Waals surface area contributed by atoms with E-state index < -0.39 is 23.5 Å². The van der Waals surface area contributed by atoms with E-state index in [-0.39, 0.29) is 5.56 Å². The van der Waals surface area contributed by atoms with Gasteiger partial charge in [-0.25, -0.2) is 8.78 Å². The average molecular weight is 266 g/mol. The van der Waals surface area contributed by atoms with Gasteiger partial charge in [-0.3, -0.25) is 14.6 Å². The number of halogens is 2. The van der Waals surface area contributed by atoms with Gasteiger partial charge >= 0.3 is 0 Å². The van der Waals surface area contributed by atoms with Crippen molar-refractivity contribution in [3.8, 4) is 0 Å². The van der Waals surface area contributed by atoms with Crippen LogP contribution in [0.2, 0.25) is 0 Å². The third-order valence-corrected chi connectivity index (χ3v) is 4.11. The minimum absolute atomic E-state index is 0.307. The van der Waals surface area contributed by atoms with Gasteiger partial charge in [0.1, 0.15) is 11.6 Å². The van der Waals surface area contributed by atoms with Crippen LogP contribution in [-0.4, -0.2) is 54.3 Å². The lowest BCUT2D eigenvalue weighted by Crippen LogP contribution is -2.63. The number of aryl methyl sites for hydroxylation is 1. The lowest BCUT2D eigenvalue weighted by atomic mass is 9.96. The van der Waals surface area contributed by atoms with Crippen molar-refractivity contribution in [3.63, 3.8) is 0 Å². The maximum absolute atomic E-state index is 14.0. The second kappa shape index (κ2) is 4.65. The van der Waals surface area contributed by atoms with Crippen LogP contribution in [0.1, 0.15) is 15.9 Å². The monoisotopic (exact) mass is 266 g/mol. The number of carbonyl (C=O) groups excluding carboxylic acids is 1. The fourth-order valence-corrected chi connectivity index (χ4v) is 2.92. The van der Waals surface area contributed by atoms with E-state index in [0.717, 1.165) is 26.2 Å². The highest BCUT2D eigenvalue weighted by Gasteiger charge is 2.38. The van der Waals surface area contributed by atoms with Crippen LogP contribution in [0.25, 0.3) is 0 Å². The molecule has 19 heavy (non-hydrogen) atoms. The van der Waals surface area contributed by atoms with Crippen molar-refractivity contribution in [1.82, 2.24) is 9.80 Å². The molecule has 2 bridgehead atoms. The Hall–Kier alpha value is -1.33. The van der Waals surface area contributed by atoms with Crippen molar-refractivity contribution in [2.24, 2.45) is 0 Å². The van der Waals surface area contributed by atoms with Crippen molar-refractivity contribution >= 4 is 5.78 Å². The molecule has 1 aromatic carbocycles. The van der Waals surface area contributed by atoms with Gasteiger partial charge < -0.3 is 0 Å². The molecule has 3 nitrogen and oxygen atoms in total. The standard InChI is InChI=1S/C14H16F2N2O/c1-9-2-3-10(15)12(13(9)16)14(19)11-8-17-4-6-18(11)7-5-17/h2-3,11H,4-8H2,1H3. The van der Waals surface area contributed by atoms with E-state index in [4.69, 9.17) is 0 Å². The Labute approximate surface area is 110 Å². The minimum Gasteiger partial charge on any atom is -0.299 e. The van der Waals surface area contributed by atoms with Crippen molar-refractivity contribution in [2.75, 3.05) is 32.7 Å². The molecule has 3 fully saturated rings. The van der Waals surface area contributed by atoms with Gasteiger partial charge in [-0.05, 0) is 18.6 Å². The number of rotatable bonds is 2. The summed E-state index contributed by atoms with van der Waals surface area (Å²) in [5, 5.41) is 0. The molecule has 1 atom stereocenters. The molecular formula is C14H16F2N2O. The third-order valence-electron chi connectivity index (χ3n) is 4.11. The molecule has 102 valence electrons. The summed E-state index contributed by atoms with van der Waals surface area (Å²) in [6, 6.07) is 2.12. The summed E-state index contributed by atoms with van der Waals surface area (Å²) in [6.07, 6.45) is 0. The smallest absolute Gasteiger partial charge is 0.187 e. The number of Topliss-reactive ketones (excluding diaryl/α,β-unsaturated/α-hetero) is 1. The van der Waals surface area contributed by atoms with Gasteiger partial charge in [0.2, 0.25) is 0 Å². The number of piperazine rings is 3. The van der Waals surface area contributed by atoms with Gasteiger partial charge in [0, 0.05) is 32.7 Å². The van der Waals surface area contributed by atoms with E-state index in [1.165, 1.54) is 12.1 Å². The van der Waals surface area contributed by atoms with Crippen LogP contribution in [0.5, 0.6) is 0 Å². The zero-order valence-corrected chi connectivity index (χ0v) is 10.8. The summed E-state index contributed by atoms with van der Waals surface area (Å²) in [6.45, 7) is 5.58. The Bertz CT molecular complexity index is 524. The minimum atomic E-state index is -0.759.